The van der Waals surface area contributed by atoms with Crippen molar-refractivity contribution in [3.05, 3.63) is 0 Å². The summed E-state index contributed by atoms with van der Waals surface area (Å²) in [5, 5.41) is 16.5. The molecule has 0 saturated carbocycles. The fourth-order valence-electron chi connectivity index (χ4n) is 0.0915. The fourth-order valence-corrected chi connectivity index (χ4v) is 0.0915. The Kier molecular flexibility index (Phi) is 4.46. The molecule has 0 heterocycles. The van der Waals surface area contributed by atoms with E-state index in [1.165, 1.54) is 0 Å². The number of rotatable bonds is 2. The Morgan fingerprint density at radius 2 is 1.30 bits per heavy atom. The van der Waals surface area contributed by atoms with Gasteiger partial charge in [-0.2, -0.15) is 0 Å². The predicted molar refractivity (Wildman–Crippen MR) is 36.2 cm³/mol. The Morgan fingerprint density at radius 3 is 1.30 bits per heavy atom. The van der Waals surface area contributed by atoms with Gasteiger partial charge >= 0.3 is 30.8 Å². The zero-order valence-corrected chi connectivity index (χ0v) is 5.21. The maximum atomic E-state index is 10.1. The molecule has 0 saturated heterocycles. The molecule has 54 valence electrons. The van der Waals surface area contributed by atoms with E-state index < -0.39 is 17.4 Å². The number of hydrogen-bond acceptors (Lipinski definition) is 2. The summed E-state index contributed by atoms with van der Waals surface area (Å²) in [6, 6.07) is 0. The summed E-state index contributed by atoms with van der Waals surface area (Å²) in [6.07, 6.45) is 0. The van der Waals surface area contributed by atoms with E-state index in [1.807, 2.05) is 0 Å². The standard InChI is InChI=1S/C5H8O4.Li.H/c1-5(2,3(6)7)4(8)9;;/h1-2H3,(H,6,7)(H,8,9);;. The van der Waals surface area contributed by atoms with Crippen LogP contribution in [0.2, 0.25) is 0 Å². The van der Waals surface area contributed by atoms with E-state index in [4.69, 9.17) is 10.2 Å². The van der Waals surface area contributed by atoms with Crippen LogP contribution >= 0.6 is 0 Å². The number of carboxylic acid groups (broad SMARTS) is 2. The van der Waals surface area contributed by atoms with Crippen molar-refractivity contribution in [1.82, 2.24) is 0 Å². The Balaban J connectivity index is 0. The molecule has 0 fully saturated rings. The number of hydrogen-bond donors (Lipinski definition) is 2. The third-order valence-electron chi connectivity index (χ3n) is 1.07. The van der Waals surface area contributed by atoms with E-state index >= 15 is 0 Å². The van der Waals surface area contributed by atoms with Gasteiger partial charge in [-0.1, -0.05) is 0 Å². The zero-order valence-electron chi connectivity index (χ0n) is 5.21. The van der Waals surface area contributed by atoms with Crippen molar-refractivity contribution in [2.24, 2.45) is 5.41 Å². The van der Waals surface area contributed by atoms with Crippen LogP contribution in [-0.4, -0.2) is 41.0 Å². The van der Waals surface area contributed by atoms with E-state index in [0.717, 1.165) is 13.8 Å². The first-order chi connectivity index (χ1) is 3.89. The fraction of sp³-hybridized carbons (Fsp3) is 0.600. The SMILES string of the molecule is CC(C)(C(=O)O)C(=O)O.[LiH]. The van der Waals surface area contributed by atoms with Crippen LogP contribution < -0.4 is 0 Å². The van der Waals surface area contributed by atoms with Crippen molar-refractivity contribution in [3.8, 4) is 0 Å². The third kappa shape index (κ3) is 2.42. The molecule has 5 heteroatoms. The van der Waals surface area contributed by atoms with Crippen LogP contribution in [-0.2, 0) is 9.59 Å². The monoisotopic (exact) mass is 140 g/mol. The summed E-state index contributed by atoms with van der Waals surface area (Å²) in [5.41, 5.74) is -1.67. The van der Waals surface area contributed by atoms with Gasteiger partial charge in [-0.15, -0.1) is 0 Å². The van der Waals surface area contributed by atoms with Crippen LogP contribution in [0.1, 0.15) is 13.8 Å². The Labute approximate surface area is 70.4 Å². The van der Waals surface area contributed by atoms with Crippen molar-refractivity contribution >= 4 is 30.8 Å². The Bertz CT molecular complexity index is 136. The van der Waals surface area contributed by atoms with Crippen LogP contribution in [0.15, 0.2) is 0 Å². The number of carboxylic acids is 2. The van der Waals surface area contributed by atoms with Gasteiger partial charge in [0, 0.05) is 0 Å². The first-order valence-corrected chi connectivity index (χ1v) is 2.36. The van der Waals surface area contributed by atoms with Crippen LogP contribution in [0.25, 0.3) is 0 Å². The second-order valence-corrected chi connectivity index (χ2v) is 2.24. The molecule has 0 atom stereocenters. The van der Waals surface area contributed by atoms with E-state index in [2.05, 4.69) is 0 Å². The summed E-state index contributed by atoms with van der Waals surface area (Å²) >= 11 is 0. The quantitative estimate of drug-likeness (QED) is 0.401. The van der Waals surface area contributed by atoms with Crippen molar-refractivity contribution in [2.75, 3.05) is 0 Å². The zero-order chi connectivity index (χ0) is 7.65. The minimum atomic E-state index is -1.67. The predicted octanol–water partition coefficient (Wildman–Crippen LogP) is -0.467. The van der Waals surface area contributed by atoms with E-state index in [1.54, 1.807) is 0 Å². The number of aliphatic carboxylic acids is 2. The van der Waals surface area contributed by atoms with Crippen molar-refractivity contribution in [1.29, 1.82) is 0 Å². The molecule has 0 rings (SSSR count). The van der Waals surface area contributed by atoms with Crippen LogP contribution in [0.4, 0.5) is 0 Å². The van der Waals surface area contributed by atoms with Crippen LogP contribution in [0.5, 0.6) is 0 Å². The minimum absolute atomic E-state index is 0. The molecule has 0 aliphatic carbocycles. The van der Waals surface area contributed by atoms with Crippen LogP contribution in [0, 0.1) is 5.41 Å². The molecule has 4 nitrogen and oxygen atoms in total. The topological polar surface area (TPSA) is 74.6 Å². The first-order valence-electron chi connectivity index (χ1n) is 2.36. The Hall–Kier alpha value is -0.463. The van der Waals surface area contributed by atoms with Crippen molar-refractivity contribution < 1.29 is 19.8 Å². The average molecular weight is 140 g/mol. The van der Waals surface area contributed by atoms with E-state index in [9.17, 15) is 9.59 Å². The van der Waals surface area contributed by atoms with Gasteiger partial charge in [-0.3, -0.25) is 9.59 Å². The van der Waals surface area contributed by atoms with E-state index in [0.29, 0.717) is 0 Å². The summed E-state index contributed by atoms with van der Waals surface area (Å²) in [4.78, 5) is 20.2. The Morgan fingerprint density at radius 1 is 1.10 bits per heavy atom. The van der Waals surface area contributed by atoms with Gasteiger partial charge in [0.1, 0.15) is 0 Å². The van der Waals surface area contributed by atoms with Gasteiger partial charge in [0.15, 0.2) is 5.41 Å². The molecular formula is C5H9LiO4. The maximum absolute atomic E-state index is 10.1. The molecule has 0 amide bonds. The molecule has 0 aliphatic heterocycles. The first kappa shape index (κ1) is 12.2. The molecule has 0 bridgehead atoms. The van der Waals surface area contributed by atoms with E-state index in [-0.39, 0.29) is 18.9 Å². The normalized spacial score (nSPS) is 9.80. The number of carbonyl (C=O) groups is 2. The van der Waals surface area contributed by atoms with Gasteiger partial charge in [-0.25, -0.2) is 0 Å². The molecular weight excluding hydrogens is 131 g/mol. The summed E-state index contributed by atoms with van der Waals surface area (Å²) in [6.45, 7) is 2.27. The molecule has 0 aromatic heterocycles. The van der Waals surface area contributed by atoms with Gasteiger partial charge in [-0.05, 0) is 13.8 Å². The van der Waals surface area contributed by atoms with Crippen molar-refractivity contribution in [2.45, 2.75) is 13.8 Å². The molecule has 2 N–H and O–H groups in total. The molecule has 0 radical (unpaired) electrons. The summed E-state index contributed by atoms with van der Waals surface area (Å²) < 4.78 is 0. The molecule has 0 aromatic carbocycles. The average Bonchev–Trinajstić information content (AvgIpc) is 1.65. The molecule has 0 aliphatic rings. The molecule has 0 spiro atoms. The molecule has 0 aromatic rings. The molecule has 10 heavy (non-hydrogen) atoms. The molecule has 0 unspecified atom stereocenters. The van der Waals surface area contributed by atoms with Gasteiger partial charge in [0.2, 0.25) is 0 Å². The van der Waals surface area contributed by atoms with Gasteiger partial charge < -0.3 is 10.2 Å². The second kappa shape index (κ2) is 3.64. The second-order valence-electron chi connectivity index (χ2n) is 2.24. The van der Waals surface area contributed by atoms with Gasteiger partial charge in [0.25, 0.3) is 0 Å². The summed E-state index contributed by atoms with van der Waals surface area (Å²) in [7, 11) is 0. The van der Waals surface area contributed by atoms with Gasteiger partial charge in [0.05, 0.1) is 0 Å². The third-order valence-corrected chi connectivity index (χ3v) is 1.07. The van der Waals surface area contributed by atoms with Crippen molar-refractivity contribution in [3.63, 3.8) is 0 Å². The summed E-state index contributed by atoms with van der Waals surface area (Å²) in [5.74, 6) is -2.65. The van der Waals surface area contributed by atoms with Crippen LogP contribution in [0.3, 0.4) is 0 Å².